The molecule has 2 aromatic rings. The van der Waals surface area contributed by atoms with E-state index in [0.29, 0.717) is 11.7 Å². The SMILES string of the molecule is Cc1cc(Sc2cc(N)nc(C3CC3)n2)n(C)n1. The zero-order valence-corrected chi connectivity index (χ0v) is 11.2. The molecule has 2 aromatic heterocycles. The molecule has 5 nitrogen and oxygen atoms in total. The number of aryl methyl sites for hydroxylation is 2. The van der Waals surface area contributed by atoms with Gasteiger partial charge in [-0.25, -0.2) is 9.97 Å². The minimum Gasteiger partial charge on any atom is -0.384 e. The Kier molecular flexibility index (Phi) is 2.74. The van der Waals surface area contributed by atoms with Gasteiger partial charge >= 0.3 is 0 Å². The molecule has 94 valence electrons. The van der Waals surface area contributed by atoms with Gasteiger partial charge in [-0.1, -0.05) is 11.8 Å². The summed E-state index contributed by atoms with van der Waals surface area (Å²) in [6.07, 6.45) is 2.36. The van der Waals surface area contributed by atoms with E-state index < -0.39 is 0 Å². The number of hydrogen-bond donors (Lipinski definition) is 1. The maximum absolute atomic E-state index is 5.84. The summed E-state index contributed by atoms with van der Waals surface area (Å²) in [5.41, 5.74) is 6.84. The molecule has 0 spiro atoms. The number of nitrogens with two attached hydrogens (primary N) is 1. The third kappa shape index (κ3) is 2.33. The van der Waals surface area contributed by atoms with Gasteiger partial charge in [-0.2, -0.15) is 5.10 Å². The Labute approximate surface area is 110 Å². The summed E-state index contributed by atoms with van der Waals surface area (Å²) in [7, 11) is 1.93. The molecular weight excluding hydrogens is 246 g/mol. The summed E-state index contributed by atoms with van der Waals surface area (Å²) in [5, 5.41) is 6.28. The average molecular weight is 261 g/mol. The summed E-state index contributed by atoms with van der Waals surface area (Å²) in [4.78, 5) is 8.87. The molecule has 0 amide bonds. The summed E-state index contributed by atoms with van der Waals surface area (Å²) in [6, 6.07) is 3.86. The van der Waals surface area contributed by atoms with Gasteiger partial charge in [-0.15, -0.1) is 0 Å². The quantitative estimate of drug-likeness (QED) is 0.857. The Morgan fingerprint density at radius 2 is 2.11 bits per heavy atom. The predicted molar refractivity (Wildman–Crippen MR) is 70.5 cm³/mol. The standard InChI is InChI=1S/C12H15N5S/c1-7-5-11(17(2)16-7)18-10-6-9(13)14-12(15-10)8-3-4-8/h5-6,8H,3-4H2,1-2H3,(H2,13,14,15). The third-order valence-corrected chi connectivity index (χ3v) is 3.86. The Bertz CT molecular complexity index is 588. The molecular formula is C12H15N5S. The Hall–Kier alpha value is -1.56. The van der Waals surface area contributed by atoms with Crippen LogP contribution in [0.5, 0.6) is 0 Å². The molecule has 0 radical (unpaired) electrons. The van der Waals surface area contributed by atoms with Crippen molar-refractivity contribution in [3.8, 4) is 0 Å². The molecule has 1 aliphatic carbocycles. The average Bonchev–Trinajstić information content (AvgIpc) is 3.06. The number of nitrogen functional groups attached to an aromatic ring is 1. The fraction of sp³-hybridized carbons (Fsp3) is 0.417. The van der Waals surface area contributed by atoms with Crippen LogP contribution in [0.4, 0.5) is 5.82 Å². The zero-order valence-electron chi connectivity index (χ0n) is 10.4. The van der Waals surface area contributed by atoms with E-state index in [4.69, 9.17) is 5.73 Å². The molecule has 0 atom stereocenters. The van der Waals surface area contributed by atoms with Crippen molar-refractivity contribution in [2.75, 3.05) is 5.73 Å². The van der Waals surface area contributed by atoms with E-state index >= 15 is 0 Å². The summed E-state index contributed by atoms with van der Waals surface area (Å²) < 4.78 is 1.86. The second kappa shape index (κ2) is 4.28. The van der Waals surface area contributed by atoms with Gasteiger partial charge in [0.15, 0.2) is 0 Å². The topological polar surface area (TPSA) is 69.6 Å². The van der Waals surface area contributed by atoms with Gasteiger partial charge in [0.25, 0.3) is 0 Å². The molecule has 0 unspecified atom stereocenters. The first-order chi connectivity index (χ1) is 8.61. The van der Waals surface area contributed by atoms with Crippen LogP contribution in [0.15, 0.2) is 22.2 Å². The number of rotatable bonds is 3. The van der Waals surface area contributed by atoms with Gasteiger partial charge in [0.1, 0.15) is 21.7 Å². The van der Waals surface area contributed by atoms with Crippen molar-refractivity contribution in [1.29, 1.82) is 0 Å². The summed E-state index contributed by atoms with van der Waals surface area (Å²) in [6.45, 7) is 1.98. The second-order valence-corrected chi connectivity index (χ2v) is 5.65. The minimum absolute atomic E-state index is 0.515. The molecule has 3 rings (SSSR count). The van der Waals surface area contributed by atoms with Gasteiger partial charge in [0.2, 0.25) is 0 Å². The van der Waals surface area contributed by atoms with Crippen LogP contribution in [-0.4, -0.2) is 19.7 Å². The highest BCUT2D eigenvalue weighted by molar-refractivity contribution is 7.99. The maximum Gasteiger partial charge on any atom is 0.135 e. The molecule has 6 heteroatoms. The van der Waals surface area contributed by atoms with Crippen molar-refractivity contribution >= 4 is 17.6 Å². The summed E-state index contributed by atoms with van der Waals surface area (Å²) >= 11 is 1.58. The fourth-order valence-electron chi connectivity index (χ4n) is 1.83. The van der Waals surface area contributed by atoms with E-state index in [9.17, 15) is 0 Å². The first-order valence-electron chi connectivity index (χ1n) is 5.95. The molecule has 1 saturated carbocycles. The van der Waals surface area contributed by atoms with E-state index in [-0.39, 0.29) is 0 Å². The largest absolute Gasteiger partial charge is 0.384 e. The van der Waals surface area contributed by atoms with Gasteiger partial charge in [-0.3, -0.25) is 4.68 Å². The molecule has 2 heterocycles. The van der Waals surface area contributed by atoms with Gasteiger partial charge in [0.05, 0.1) is 5.69 Å². The lowest BCUT2D eigenvalue weighted by Crippen LogP contribution is -2.00. The van der Waals surface area contributed by atoms with Crippen molar-refractivity contribution in [2.45, 2.75) is 35.7 Å². The maximum atomic E-state index is 5.84. The molecule has 1 fully saturated rings. The smallest absolute Gasteiger partial charge is 0.135 e. The van der Waals surface area contributed by atoms with Crippen LogP contribution in [-0.2, 0) is 7.05 Å². The first-order valence-corrected chi connectivity index (χ1v) is 6.76. The Morgan fingerprint density at radius 1 is 1.33 bits per heavy atom. The highest BCUT2D eigenvalue weighted by atomic mass is 32.2. The van der Waals surface area contributed by atoms with E-state index in [1.165, 1.54) is 12.8 Å². The van der Waals surface area contributed by atoms with Crippen molar-refractivity contribution in [2.24, 2.45) is 7.05 Å². The number of hydrogen-bond acceptors (Lipinski definition) is 5. The minimum atomic E-state index is 0.515. The molecule has 1 aliphatic rings. The van der Waals surface area contributed by atoms with E-state index in [0.717, 1.165) is 21.6 Å². The lowest BCUT2D eigenvalue weighted by molar-refractivity contribution is 0.691. The predicted octanol–water partition coefficient (Wildman–Crippen LogP) is 2.13. The molecule has 0 aromatic carbocycles. The van der Waals surface area contributed by atoms with E-state index in [1.54, 1.807) is 11.8 Å². The molecule has 2 N–H and O–H groups in total. The molecule has 0 bridgehead atoms. The monoisotopic (exact) mass is 261 g/mol. The number of anilines is 1. The lowest BCUT2D eigenvalue weighted by atomic mass is 10.4. The van der Waals surface area contributed by atoms with Crippen molar-refractivity contribution in [3.63, 3.8) is 0 Å². The van der Waals surface area contributed by atoms with Crippen LogP contribution in [0.25, 0.3) is 0 Å². The van der Waals surface area contributed by atoms with E-state index in [1.807, 2.05) is 30.8 Å². The normalized spacial score (nSPS) is 15.0. The fourth-order valence-corrected chi connectivity index (χ4v) is 2.76. The molecule has 18 heavy (non-hydrogen) atoms. The van der Waals surface area contributed by atoms with E-state index in [2.05, 4.69) is 15.1 Å². The zero-order chi connectivity index (χ0) is 12.7. The highest BCUT2D eigenvalue weighted by Crippen LogP contribution is 2.39. The van der Waals surface area contributed by atoms with Crippen LogP contribution in [0.3, 0.4) is 0 Å². The van der Waals surface area contributed by atoms with Crippen LogP contribution < -0.4 is 5.73 Å². The number of nitrogens with zero attached hydrogens (tertiary/aromatic N) is 4. The molecule has 0 saturated heterocycles. The summed E-state index contributed by atoms with van der Waals surface area (Å²) in [5.74, 6) is 1.95. The third-order valence-electron chi connectivity index (χ3n) is 2.85. The van der Waals surface area contributed by atoms with Gasteiger partial charge in [-0.05, 0) is 25.8 Å². The van der Waals surface area contributed by atoms with Crippen molar-refractivity contribution in [3.05, 3.63) is 23.7 Å². The van der Waals surface area contributed by atoms with Crippen molar-refractivity contribution in [1.82, 2.24) is 19.7 Å². The highest BCUT2D eigenvalue weighted by Gasteiger charge is 2.27. The second-order valence-electron chi connectivity index (χ2n) is 4.61. The van der Waals surface area contributed by atoms with Gasteiger partial charge < -0.3 is 5.73 Å². The van der Waals surface area contributed by atoms with Crippen LogP contribution in [0.2, 0.25) is 0 Å². The van der Waals surface area contributed by atoms with Crippen LogP contribution in [0.1, 0.15) is 30.3 Å². The Morgan fingerprint density at radius 3 is 2.72 bits per heavy atom. The Balaban J connectivity index is 1.89. The number of aromatic nitrogens is 4. The van der Waals surface area contributed by atoms with Gasteiger partial charge in [0, 0.05) is 19.0 Å². The van der Waals surface area contributed by atoms with Crippen molar-refractivity contribution < 1.29 is 0 Å². The lowest BCUT2D eigenvalue weighted by Gasteiger charge is -2.04. The first kappa shape index (κ1) is 11.5. The molecule has 0 aliphatic heterocycles. The van der Waals surface area contributed by atoms with Crippen LogP contribution >= 0.6 is 11.8 Å². The van der Waals surface area contributed by atoms with Crippen LogP contribution in [0, 0.1) is 6.92 Å².